The van der Waals surface area contributed by atoms with E-state index in [0.29, 0.717) is 18.9 Å². The molecule has 1 aliphatic carbocycles. The van der Waals surface area contributed by atoms with Crippen molar-refractivity contribution in [3.63, 3.8) is 0 Å². The van der Waals surface area contributed by atoms with Crippen LogP contribution in [0.4, 0.5) is 4.39 Å². The third-order valence-corrected chi connectivity index (χ3v) is 5.08. The van der Waals surface area contributed by atoms with Gasteiger partial charge in [-0.15, -0.1) is 0 Å². The van der Waals surface area contributed by atoms with Crippen molar-refractivity contribution in [2.45, 2.75) is 30.8 Å². The molecule has 1 N–H and O–H groups in total. The van der Waals surface area contributed by atoms with Crippen LogP contribution in [0.2, 0.25) is 0 Å². The molecule has 130 valence electrons. The number of hydrogen-bond acceptors (Lipinski definition) is 3. The quantitative estimate of drug-likeness (QED) is 0.929. The number of hydrogen-bond donors (Lipinski definition) is 1. The molecule has 0 spiro atoms. The number of benzene rings is 2. The molecule has 1 heterocycles. The molecule has 0 radical (unpaired) electrons. The van der Waals surface area contributed by atoms with Crippen LogP contribution in [0.1, 0.15) is 24.8 Å². The molecule has 1 unspecified atom stereocenters. The Morgan fingerprint density at radius 1 is 1.16 bits per heavy atom. The van der Waals surface area contributed by atoms with Crippen LogP contribution in [0.3, 0.4) is 0 Å². The van der Waals surface area contributed by atoms with E-state index in [1.807, 2.05) is 30.3 Å². The second-order valence-corrected chi connectivity index (χ2v) is 6.65. The Morgan fingerprint density at radius 2 is 1.96 bits per heavy atom. The minimum absolute atomic E-state index is 0.0631. The normalized spacial score (nSPS) is 20.4. The van der Waals surface area contributed by atoms with Crippen LogP contribution in [-0.2, 0) is 10.2 Å². The number of carbonyl (C=O) groups excluding carboxylic acids is 1. The maximum Gasteiger partial charge on any atom is 0.230 e. The summed E-state index contributed by atoms with van der Waals surface area (Å²) in [6.07, 6.45) is 2.23. The van der Waals surface area contributed by atoms with Crippen molar-refractivity contribution in [2.75, 3.05) is 13.2 Å². The van der Waals surface area contributed by atoms with Gasteiger partial charge in [-0.05, 0) is 42.7 Å². The van der Waals surface area contributed by atoms with Gasteiger partial charge in [-0.1, -0.05) is 30.7 Å². The van der Waals surface area contributed by atoms with E-state index < -0.39 is 5.41 Å². The van der Waals surface area contributed by atoms with Crippen LogP contribution in [-0.4, -0.2) is 25.2 Å². The first-order chi connectivity index (χ1) is 12.2. The summed E-state index contributed by atoms with van der Waals surface area (Å²) >= 11 is 0. The number of halogens is 1. The zero-order valence-electron chi connectivity index (χ0n) is 13.8. The monoisotopic (exact) mass is 341 g/mol. The molecule has 4 rings (SSSR count). The average molecular weight is 341 g/mol. The zero-order chi connectivity index (χ0) is 17.3. The summed E-state index contributed by atoms with van der Waals surface area (Å²) in [7, 11) is 0. The van der Waals surface area contributed by atoms with Gasteiger partial charge in [0, 0.05) is 0 Å². The lowest BCUT2D eigenvalue weighted by atomic mass is 9.64. The van der Waals surface area contributed by atoms with Crippen molar-refractivity contribution in [3.05, 3.63) is 59.9 Å². The molecule has 1 aliphatic heterocycles. The Hall–Kier alpha value is -2.56. The summed E-state index contributed by atoms with van der Waals surface area (Å²) < 4.78 is 25.1. The lowest BCUT2D eigenvalue weighted by Gasteiger charge is -2.41. The highest BCUT2D eigenvalue weighted by molar-refractivity contribution is 5.89. The predicted octanol–water partition coefficient (Wildman–Crippen LogP) is 3.20. The van der Waals surface area contributed by atoms with E-state index in [4.69, 9.17) is 9.47 Å². The van der Waals surface area contributed by atoms with Crippen molar-refractivity contribution in [1.82, 2.24) is 5.32 Å². The van der Waals surface area contributed by atoms with Gasteiger partial charge in [0.25, 0.3) is 0 Å². The topological polar surface area (TPSA) is 47.6 Å². The van der Waals surface area contributed by atoms with Gasteiger partial charge in [0.1, 0.15) is 18.5 Å². The fourth-order valence-electron chi connectivity index (χ4n) is 3.50. The summed E-state index contributed by atoms with van der Waals surface area (Å²) in [4.78, 5) is 12.8. The Labute approximate surface area is 146 Å². The van der Waals surface area contributed by atoms with Crippen molar-refractivity contribution >= 4 is 5.91 Å². The number of rotatable bonds is 4. The Bertz CT molecular complexity index is 788. The molecule has 25 heavy (non-hydrogen) atoms. The van der Waals surface area contributed by atoms with Crippen LogP contribution >= 0.6 is 0 Å². The van der Waals surface area contributed by atoms with E-state index in [0.717, 1.165) is 30.6 Å². The van der Waals surface area contributed by atoms with Crippen LogP contribution in [0.25, 0.3) is 0 Å². The Balaban J connectivity index is 1.42. The zero-order valence-corrected chi connectivity index (χ0v) is 13.8. The lowest BCUT2D eigenvalue weighted by Crippen LogP contribution is -2.52. The maximum atomic E-state index is 13.6. The second kappa shape index (κ2) is 6.39. The second-order valence-electron chi connectivity index (χ2n) is 6.65. The van der Waals surface area contributed by atoms with E-state index in [9.17, 15) is 9.18 Å². The molecule has 4 nitrogen and oxygen atoms in total. The van der Waals surface area contributed by atoms with Gasteiger partial charge >= 0.3 is 0 Å². The highest BCUT2D eigenvalue weighted by Gasteiger charge is 2.45. The summed E-state index contributed by atoms with van der Waals surface area (Å²) in [5.74, 6) is 1.04. The van der Waals surface area contributed by atoms with Gasteiger partial charge in [-0.25, -0.2) is 4.39 Å². The fraction of sp³-hybridized carbons (Fsp3) is 0.350. The summed E-state index contributed by atoms with van der Waals surface area (Å²) in [5.41, 5.74) is 0.137. The number of para-hydroxylation sites is 2. The average Bonchev–Trinajstić information content (AvgIpc) is 2.59. The van der Waals surface area contributed by atoms with Gasteiger partial charge in [0.2, 0.25) is 5.91 Å². The Morgan fingerprint density at radius 3 is 2.68 bits per heavy atom. The van der Waals surface area contributed by atoms with Crippen molar-refractivity contribution in [3.8, 4) is 11.5 Å². The number of carbonyl (C=O) groups is 1. The van der Waals surface area contributed by atoms with Gasteiger partial charge in [0.15, 0.2) is 11.5 Å². The van der Waals surface area contributed by atoms with Crippen LogP contribution in [0, 0.1) is 5.82 Å². The highest BCUT2D eigenvalue weighted by atomic mass is 19.1. The number of nitrogens with one attached hydrogen (secondary N) is 1. The maximum absolute atomic E-state index is 13.6. The largest absolute Gasteiger partial charge is 0.486 e. The van der Waals surface area contributed by atoms with Crippen LogP contribution in [0.15, 0.2) is 48.5 Å². The molecule has 5 heteroatoms. The molecule has 1 amide bonds. The first-order valence-corrected chi connectivity index (χ1v) is 8.60. The van der Waals surface area contributed by atoms with E-state index in [1.165, 1.54) is 12.1 Å². The molecule has 2 aromatic rings. The third-order valence-electron chi connectivity index (χ3n) is 5.08. The summed E-state index contributed by atoms with van der Waals surface area (Å²) in [6, 6.07) is 13.8. The molecule has 1 atom stereocenters. The highest BCUT2D eigenvalue weighted by Crippen LogP contribution is 2.44. The first kappa shape index (κ1) is 15.9. The summed E-state index contributed by atoms with van der Waals surface area (Å²) in [5, 5.41) is 2.98. The molecule has 2 aromatic carbocycles. The molecule has 1 fully saturated rings. The summed E-state index contributed by atoms with van der Waals surface area (Å²) in [6.45, 7) is 0.758. The molecular weight excluding hydrogens is 321 g/mol. The smallest absolute Gasteiger partial charge is 0.230 e. The third kappa shape index (κ3) is 2.95. The minimum atomic E-state index is -0.616. The van der Waals surface area contributed by atoms with Crippen LogP contribution < -0.4 is 14.8 Å². The fourth-order valence-corrected chi connectivity index (χ4v) is 3.50. The molecular formula is C20H20FNO3. The van der Waals surface area contributed by atoms with Gasteiger partial charge in [-0.2, -0.15) is 0 Å². The molecule has 0 saturated heterocycles. The molecule has 0 aromatic heterocycles. The Kier molecular flexibility index (Phi) is 4.07. The predicted molar refractivity (Wildman–Crippen MR) is 91.3 cm³/mol. The standard InChI is InChI=1S/C20H20FNO3/c21-15-6-3-5-14(11-15)20(9-4-10-20)19(23)22-12-16-13-24-17-7-1-2-8-18(17)25-16/h1-3,5-8,11,16H,4,9-10,12-13H2,(H,22,23). The van der Waals surface area contributed by atoms with E-state index in [2.05, 4.69) is 5.32 Å². The number of fused-ring (bicyclic) bond motifs is 1. The van der Waals surface area contributed by atoms with E-state index in [-0.39, 0.29) is 17.8 Å². The molecule has 0 bridgehead atoms. The van der Waals surface area contributed by atoms with Gasteiger partial charge in [-0.3, -0.25) is 4.79 Å². The van der Waals surface area contributed by atoms with Crippen molar-refractivity contribution in [2.24, 2.45) is 0 Å². The van der Waals surface area contributed by atoms with Crippen LogP contribution in [0.5, 0.6) is 11.5 Å². The molecule has 2 aliphatic rings. The minimum Gasteiger partial charge on any atom is -0.486 e. The lowest BCUT2D eigenvalue weighted by molar-refractivity contribution is -0.130. The van der Waals surface area contributed by atoms with E-state index in [1.54, 1.807) is 6.07 Å². The number of ether oxygens (including phenoxy) is 2. The SMILES string of the molecule is O=C(NCC1COc2ccccc2O1)C1(c2cccc(F)c2)CCC1. The van der Waals surface area contributed by atoms with Gasteiger partial charge < -0.3 is 14.8 Å². The number of amides is 1. The molecule has 1 saturated carbocycles. The van der Waals surface area contributed by atoms with Crippen molar-refractivity contribution in [1.29, 1.82) is 0 Å². The van der Waals surface area contributed by atoms with Gasteiger partial charge in [0.05, 0.1) is 12.0 Å². The van der Waals surface area contributed by atoms with Crippen molar-refractivity contribution < 1.29 is 18.7 Å². The van der Waals surface area contributed by atoms with E-state index >= 15 is 0 Å². The first-order valence-electron chi connectivity index (χ1n) is 8.60.